The number of nitrogen functional groups attached to an aromatic ring is 1. The Hall–Kier alpha value is -1.29. The maximum atomic E-state index is 13.2. The van der Waals surface area contributed by atoms with Gasteiger partial charge in [0.2, 0.25) is 0 Å². The number of benzene rings is 1. The van der Waals surface area contributed by atoms with E-state index in [1.54, 1.807) is 6.07 Å². The molecule has 3 rings (SSSR count). The molecule has 1 aromatic carbocycles. The van der Waals surface area contributed by atoms with Crippen molar-refractivity contribution in [1.82, 2.24) is 4.90 Å². The number of piperidine rings is 1. The molecule has 3 nitrogen and oxygen atoms in total. The Morgan fingerprint density at radius 1 is 1.28 bits per heavy atom. The third-order valence-corrected chi connectivity index (χ3v) is 4.32. The van der Waals surface area contributed by atoms with E-state index in [9.17, 15) is 4.39 Å². The predicted octanol–water partition coefficient (Wildman–Crippen LogP) is 2.41. The van der Waals surface area contributed by atoms with Crippen LogP contribution in [0.5, 0.6) is 5.75 Å². The normalized spacial score (nSPS) is 31.6. The lowest BCUT2D eigenvalue weighted by Crippen LogP contribution is -2.43. The van der Waals surface area contributed by atoms with Gasteiger partial charge in [0.1, 0.15) is 17.7 Å². The Labute approximate surface area is 107 Å². The zero-order valence-electron chi connectivity index (χ0n) is 10.6. The zero-order chi connectivity index (χ0) is 12.7. The van der Waals surface area contributed by atoms with Crippen molar-refractivity contribution in [3.63, 3.8) is 0 Å². The Kier molecular flexibility index (Phi) is 2.90. The van der Waals surface area contributed by atoms with Crippen molar-refractivity contribution in [3.05, 3.63) is 24.0 Å². The lowest BCUT2D eigenvalue weighted by atomic mass is 10.0. The summed E-state index contributed by atoms with van der Waals surface area (Å²) in [4.78, 5) is 2.45. The Bertz CT molecular complexity index is 437. The first-order chi connectivity index (χ1) is 8.63. The summed E-state index contributed by atoms with van der Waals surface area (Å²) in [5.74, 6) is 0.194. The number of halogens is 1. The molecule has 2 bridgehead atoms. The maximum absolute atomic E-state index is 13.2. The van der Waals surface area contributed by atoms with Crippen LogP contribution in [0.2, 0.25) is 0 Å². The molecule has 0 radical (unpaired) electrons. The summed E-state index contributed by atoms with van der Waals surface area (Å²) in [5.41, 5.74) is 6.33. The molecule has 2 aliphatic heterocycles. The van der Waals surface area contributed by atoms with E-state index in [0.29, 0.717) is 23.5 Å². The van der Waals surface area contributed by atoms with Crippen LogP contribution in [-0.2, 0) is 0 Å². The molecule has 1 aromatic rings. The van der Waals surface area contributed by atoms with Crippen molar-refractivity contribution in [2.75, 3.05) is 12.8 Å². The molecule has 4 heteroatoms. The van der Waals surface area contributed by atoms with Crippen LogP contribution in [0.3, 0.4) is 0 Å². The van der Waals surface area contributed by atoms with Gasteiger partial charge in [0.25, 0.3) is 0 Å². The second kappa shape index (κ2) is 4.43. The van der Waals surface area contributed by atoms with Crippen LogP contribution in [0.4, 0.5) is 10.1 Å². The average Bonchev–Trinajstić information content (AvgIpc) is 2.58. The molecular weight excluding hydrogens is 231 g/mol. The minimum absolute atomic E-state index is 0.169. The minimum atomic E-state index is -0.296. The van der Waals surface area contributed by atoms with Crippen LogP contribution < -0.4 is 10.5 Å². The van der Waals surface area contributed by atoms with Crippen molar-refractivity contribution in [3.8, 4) is 5.75 Å². The smallest absolute Gasteiger partial charge is 0.145 e. The Morgan fingerprint density at radius 2 is 1.94 bits per heavy atom. The lowest BCUT2D eigenvalue weighted by Gasteiger charge is -2.36. The summed E-state index contributed by atoms with van der Waals surface area (Å²) in [6.07, 6.45) is 4.70. The highest BCUT2D eigenvalue weighted by Crippen LogP contribution is 2.36. The third kappa shape index (κ3) is 2.05. The number of hydrogen-bond acceptors (Lipinski definition) is 3. The van der Waals surface area contributed by atoms with Gasteiger partial charge in [-0.25, -0.2) is 4.39 Å². The highest BCUT2D eigenvalue weighted by atomic mass is 19.1. The van der Waals surface area contributed by atoms with Gasteiger partial charge >= 0.3 is 0 Å². The van der Waals surface area contributed by atoms with Gasteiger partial charge in [-0.3, -0.25) is 0 Å². The predicted molar refractivity (Wildman–Crippen MR) is 69.0 cm³/mol. The number of fused-ring (bicyclic) bond motifs is 2. The van der Waals surface area contributed by atoms with Crippen LogP contribution in [0.1, 0.15) is 25.7 Å². The molecule has 0 aromatic heterocycles. The van der Waals surface area contributed by atoms with Crippen molar-refractivity contribution >= 4 is 5.69 Å². The second-order valence-electron chi connectivity index (χ2n) is 5.44. The van der Waals surface area contributed by atoms with Gasteiger partial charge in [0.05, 0.1) is 5.69 Å². The van der Waals surface area contributed by atoms with E-state index in [-0.39, 0.29) is 11.9 Å². The highest BCUT2D eigenvalue weighted by molar-refractivity contribution is 5.52. The molecule has 2 fully saturated rings. The SMILES string of the molecule is CN1C2CCC1CC(Oc1cc(F)ccc1N)C2. The summed E-state index contributed by atoms with van der Waals surface area (Å²) in [6.45, 7) is 0. The number of rotatable bonds is 2. The van der Waals surface area contributed by atoms with Crippen LogP contribution in [0.25, 0.3) is 0 Å². The van der Waals surface area contributed by atoms with Gasteiger partial charge in [-0.1, -0.05) is 0 Å². The van der Waals surface area contributed by atoms with Crippen LogP contribution in [0, 0.1) is 5.82 Å². The molecule has 2 saturated heterocycles. The first-order valence-corrected chi connectivity index (χ1v) is 6.57. The summed E-state index contributed by atoms with van der Waals surface area (Å²) in [7, 11) is 2.19. The fourth-order valence-corrected chi connectivity index (χ4v) is 3.25. The molecule has 0 aliphatic carbocycles. The average molecular weight is 250 g/mol. The van der Waals surface area contributed by atoms with Gasteiger partial charge in [-0.2, -0.15) is 0 Å². The van der Waals surface area contributed by atoms with Gasteiger partial charge in [-0.15, -0.1) is 0 Å². The van der Waals surface area contributed by atoms with Crippen molar-refractivity contribution in [2.24, 2.45) is 0 Å². The summed E-state index contributed by atoms with van der Waals surface area (Å²) >= 11 is 0. The Balaban J connectivity index is 1.72. The monoisotopic (exact) mass is 250 g/mol. The summed E-state index contributed by atoms with van der Waals surface area (Å²) in [6, 6.07) is 5.54. The van der Waals surface area contributed by atoms with Crippen molar-refractivity contribution < 1.29 is 9.13 Å². The largest absolute Gasteiger partial charge is 0.488 e. The zero-order valence-corrected chi connectivity index (χ0v) is 10.6. The van der Waals surface area contributed by atoms with E-state index in [4.69, 9.17) is 10.5 Å². The maximum Gasteiger partial charge on any atom is 0.145 e. The molecule has 2 aliphatic rings. The number of ether oxygens (including phenoxy) is 1. The van der Waals surface area contributed by atoms with Crippen molar-refractivity contribution in [1.29, 1.82) is 0 Å². The molecule has 18 heavy (non-hydrogen) atoms. The summed E-state index contributed by atoms with van der Waals surface area (Å²) in [5, 5.41) is 0. The first-order valence-electron chi connectivity index (χ1n) is 6.57. The van der Waals surface area contributed by atoms with Crippen LogP contribution in [0.15, 0.2) is 18.2 Å². The van der Waals surface area contributed by atoms with Crippen LogP contribution >= 0.6 is 0 Å². The highest BCUT2D eigenvalue weighted by Gasteiger charge is 2.39. The fourth-order valence-electron chi connectivity index (χ4n) is 3.25. The third-order valence-electron chi connectivity index (χ3n) is 4.32. The topological polar surface area (TPSA) is 38.5 Å². The molecule has 2 N–H and O–H groups in total. The molecule has 2 atom stereocenters. The second-order valence-corrected chi connectivity index (χ2v) is 5.44. The molecule has 2 unspecified atom stereocenters. The lowest BCUT2D eigenvalue weighted by molar-refractivity contribution is 0.0664. The van der Waals surface area contributed by atoms with Gasteiger partial charge in [0, 0.05) is 18.2 Å². The molecule has 0 amide bonds. The Morgan fingerprint density at radius 3 is 2.61 bits per heavy atom. The van der Waals surface area contributed by atoms with E-state index < -0.39 is 0 Å². The molecule has 2 heterocycles. The summed E-state index contributed by atoms with van der Waals surface area (Å²) < 4.78 is 19.1. The minimum Gasteiger partial charge on any atom is -0.488 e. The number of hydrogen-bond donors (Lipinski definition) is 1. The molecule has 0 saturated carbocycles. The van der Waals surface area contributed by atoms with Gasteiger partial charge in [-0.05, 0) is 44.9 Å². The van der Waals surface area contributed by atoms with E-state index >= 15 is 0 Å². The number of nitrogens with zero attached hydrogens (tertiary/aromatic N) is 1. The van der Waals surface area contributed by atoms with Gasteiger partial charge in [0.15, 0.2) is 0 Å². The van der Waals surface area contributed by atoms with Gasteiger partial charge < -0.3 is 15.4 Å². The molecule has 0 spiro atoms. The van der Waals surface area contributed by atoms with E-state index in [0.717, 1.165) is 12.8 Å². The number of nitrogens with two attached hydrogens (primary N) is 1. The van der Waals surface area contributed by atoms with Crippen molar-refractivity contribution in [2.45, 2.75) is 43.9 Å². The first kappa shape index (κ1) is 11.8. The van der Waals surface area contributed by atoms with E-state index in [1.807, 2.05) is 0 Å². The van der Waals surface area contributed by atoms with E-state index in [1.165, 1.54) is 25.0 Å². The fraction of sp³-hybridized carbons (Fsp3) is 0.571. The van der Waals surface area contributed by atoms with E-state index in [2.05, 4.69) is 11.9 Å². The molecule has 98 valence electrons. The molecular formula is C14H19FN2O. The number of anilines is 1. The standard InChI is InChI=1S/C14H19FN2O/c1-17-10-3-4-11(17)8-12(7-10)18-14-6-9(15)2-5-13(14)16/h2,5-6,10-12H,3-4,7-8,16H2,1H3. The quantitative estimate of drug-likeness (QED) is 0.819. The van der Waals surface area contributed by atoms with Crippen LogP contribution in [-0.4, -0.2) is 30.1 Å².